The fraction of sp³-hybridized carbons (Fsp3) is 0. The first kappa shape index (κ1) is 28.3. The van der Waals surface area contributed by atoms with E-state index < -0.39 is 0 Å². The molecule has 0 unspecified atom stereocenters. The molecule has 4 heteroatoms. The van der Waals surface area contributed by atoms with Crippen LogP contribution in [0.1, 0.15) is 0 Å². The van der Waals surface area contributed by atoms with Crippen LogP contribution in [0.25, 0.3) is 53.9 Å². The Labute approximate surface area is 289 Å². The Morgan fingerprint density at radius 2 is 0.700 bits per heavy atom. The van der Waals surface area contributed by atoms with E-state index in [2.05, 4.69) is 180 Å². The smallest absolute Gasteiger partial charge is 0.145 e. The second-order valence-corrected chi connectivity index (χ2v) is 12.7. The van der Waals surface area contributed by atoms with Crippen LogP contribution in [0, 0.1) is 0 Å². The van der Waals surface area contributed by atoms with Gasteiger partial charge in [-0.25, -0.2) is 9.97 Å². The summed E-state index contributed by atoms with van der Waals surface area (Å²) < 4.78 is 0. The maximum Gasteiger partial charge on any atom is 0.145 e. The SMILES string of the molecule is c1ccc(N(c2nccc3ccccc23)c2cc3cccc4c(N(c5ccccc5)c5nccc6ccccc56)cc5cccc2c5c34)cc1. The van der Waals surface area contributed by atoms with Crippen LogP contribution in [-0.2, 0) is 0 Å². The van der Waals surface area contributed by atoms with E-state index in [4.69, 9.17) is 9.97 Å². The van der Waals surface area contributed by atoms with Gasteiger partial charge in [0.1, 0.15) is 11.6 Å². The first-order valence-electron chi connectivity index (χ1n) is 16.9. The summed E-state index contributed by atoms with van der Waals surface area (Å²) in [4.78, 5) is 14.7. The van der Waals surface area contributed by atoms with Crippen LogP contribution < -0.4 is 9.80 Å². The number of nitrogens with zero attached hydrogens (tertiary/aromatic N) is 4. The second-order valence-electron chi connectivity index (χ2n) is 12.7. The standard InChI is InChI=1S/C46H30N4/c1-3-17-35(18-4-1)49(45-37-21-9-7-13-31(37)25-27-47-45)41-29-33-15-12-24-40-42(30-34-16-11-23-39(41)43(34)44(33)40)50(36-19-5-2-6-20-36)46-38-22-10-8-14-32(38)26-28-48-46/h1-30H. The van der Waals surface area contributed by atoms with Crippen molar-refractivity contribution in [1.82, 2.24) is 9.97 Å². The molecule has 0 aliphatic rings. The van der Waals surface area contributed by atoms with Crippen molar-refractivity contribution in [3.63, 3.8) is 0 Å². The molecule has 50 heavy (non-hydrogen) atoms. The van der Waals surface area contributed by atoms with Crippen molar-refractivity contribution in [1.29, 1.82) is 0 Å². The molecule has 0 saturated heterocycles. The quantitative estimate of drug-likeness (QED) is 0.170. The van der Waals surface area contributed by atoms with Crippen molar-refractivity contribution in [3.05, 3.63) is 182 Å². The summed E-state index contributed by atoms with van der Waals surface area (Å²) in [6, 6.07) is 60.3. The van der Waals surface area contributed by atoms with Gasteiger partial charge in [0.15, 0.2) is 0 Å². The van der Waals surface area contributed by atoms with E-state index >= 15 is 0 Å². The summed E-state index contributed by atoms with van der Waals surface area (Å²) >= 11 is 0. The monoisotopic (exact) mass is 638 g/mol. The first-order valence-corrected chi connectivity index (χ1v) is 16.9. The molecular weight excluding hydrogens is 609 g/mol. The maximum atomic E-state index is 5.03. The van der Waals surface area contributed by atoms with Gasteiger partial charge in [0, 0.05) is 45.3 Å². The van der Waals surface area contributed by atoms with Crippen molar-refractivity contribution >= 4 is 88.2 Å². The number of hydrogen-bond donors (Lipinski definition) is 0. The Kier molecular flexibility index (Phi) is 6.46. The van der Waals surface area contributed by atoms with E-state index in [-0.39, 0.29) is 0 Å². The largest absolute Gasteiger partial charge is 0.294 e. The number of pyridine rings is 2. The number of anilines is 6. The fourth-order valence-corrected chi connectivity index (χ4v) is 7.65. The number of para-hydroxylation sites is 2. The summed E-state index contributed by atoms with van der Waals surface area (Å²) in [7, 11) is 0. The van der Waals surface area contributed by atoms with Gasteiger partial charge >= 0.3 is 0 Å². The molecule has 4 nitrogen and oxygen atoms in total. The van der Waals surface area contributed by atoms with Gasteiger partial charge in [0.05, 0.1) is 11.4 Å². The molecule has 0 N–H and O–H groups in total. The van der Waals surface area contributed by atoms with E-state index in [0.717, 1.165) is 55.9 Å². The van der Waals surface area contributed by atoms with Gasteiger partial charge in [-0.2, -0.15) is 0 Å². The predicted octanol–water partition coefficient (Wildman–Crippen LogP) is 12.6. The lowest BCUT2D eigenvalue weighted by molar-refractivity contribution is 1.21. The molecular formula is C46H30N4. The highest BCUT2D eigenvalue weighted by Gasteiger charge is 2.25. The van der Waals surface area contributed by atoms with E-state index in [1.54, 1.807) is 0 Å². The average molecular weight is 639 g/mol. The zero-order valence-electron chi connectivity index (χ0n) is 27.1. The third-order valence-corrected chi connectivity index (χ3v) is 9.82. The molecule has 234 valence electrons. The number of benzene rings is 8. The molecule has 0 bridgehead atoms. The minimum Gasteiger partial charge on any atom is -0.294 e. The third-order valence-electron chi connectivity index (χ3n) is 9.82. The first-order chi connectivity index (χ1) is 24.8. The number of aromatic nitrogens is 2. The van der Waals surface area contributed by atoms with E-state index in [0.29, 0.717) is 0 Å². The van der Waals surface area contributed by atoms with Gasteiger partial charge in [0.25, 0.3) is 0 Å². The lowest BCUT2D eigenvalue weighted by Crippen LogP contribution is -2.14. The molecule has 0 aliphatic heterocycles. The number of hydrogen-bond acceptors (Lipinski definition) is 4. The summed E-state index contributed by atoms with van der Waals surface area (Å²) in [5, 5.41) is 11.7. The van der Waals surface area contributed by atoms with E-state index in [9.17, 15) is 0 Å². The number of fused-ring (bicyclic) bond motifs is 2. The zero-order valence-corrected chi connectivity index (χ0v) is 27.1. The third kappa shape index (κ3) is 4.39. The van der Waals surface area contributed by atoms with Crippen molar-refractivity contribution in [2.45, 2.75) is 0 Å². The maximum absolute atomic E-state index is 5.03. The van der Waals surface area contributed by atoms with Gasteiger partial charge in [0.2, 0.25) is 0 Å². The molecule has 2 heterocycles. The minimum atomic E-state index is 0.905. The highest BCUT2D eigenvalue weighted by atomic mass is 15.2. The minimum absolute atomic E-state index is 0.905. The molecule has 10 rings (SSSR count). The zero-order chi connectivity index (χ0) is 33.0. The molecule has 10 aromatic rings. The molecule has 8 aromatic carbocycles. The van der Waals surface area contributed by atoms with Gasteiger partial charge in [-0.15, -0.1) is 0 Å². The molecule has 0 saturated carbocycles. The van der Waals surface area contributed by atoms with Gasteiger partial charge < -0.3 is 0 Å². The molecule has 0 amide bonds. The fourth-order valence-electron chi connectivity index (χ4n) is 7.65. The average Bonchev–Trinajstić information content (AvgIpc) is 3.18. The Hall–Kier alpha value is -6.78. The van der Waals surface area contributed by atoms with Crippen LogP contribution in [0.3, 0.4) is 0 Å². The lowest BCUT2D eigenvalue weighted by Gasteiger charge is -2.30. The van der Waals surface area contributed by atoms with Crippen LogP contribution >= 0.6 is 0 Å². The lowest BCUT2D eigenvalue weighted by atomic mass is 9.91. The van der Waals surface area contributed by atoms with Gasteiger partial charge in [-0.1, -0.05) is 121 Å². The topological polar surface area (TPSA) is 32.3 Å². The van der Waals surface area contributed by atoms with Crippen LogP contribution in [0.4, 0.5) is 34.4 Å². The van der Waals surface area contributed by atoms with Crippen LogP contribution in [0.2, 0.25) is 0 Å². The van der Waals surface area contributed by atoms with Crippen molar-refractivity contribution in [2.75, 3.05) is 9.80 Å². The van der Waals surface area contributed by atoms with Crippen LogP contribution in [0.5, 0.6) is 0 Å². The number of rotatable bonds is 6. The van der Waals surface area contributed by atoms with E-state index in [1.807, 2.05) is 12.4 Å². The highest BCUT2D eigenvalue weighted by Crippen LogP contribution is 2.49. The Morgan fingerprint density at radius 1 is 0.320 bits per heavy atom. The van der Waals surface area contributed by atoms with Gasteiger partial charge in [-0.05, 0) is 80.8 Å². The molecule has 0 spiro atoms. The van der Waals surface area contributed by atoms with Crippen molar-refractivity contribution < 1.29 is 0 Å². The summed E-state index contributed by atoms with van der Waals surface area (Å²) in [5.74, 6) is 1.81. The van der Waals surface area contributed by atoms with Crippen molar-refractivity contribution in [2.24, 2.45) is 0 Å². The second kappa shape index (κ2) is 11.4. The van der Waals surface area contributed by atoms with Gasteiger partial charge in [-0.3, -0.25) is 9.80 Å². The normalized spacial score (nSPS) is 11.6. The van der Waals surface area contributed by atoms with Crippen molar-refractivity contribution in [3.8, 4) is 0 Å². The van der Waals surface area contributed by atoms with Crippen LogP contribution in [0.15, 0.2) is 182 Å². The Morgan fingerprint density at radius 3 is 1.16 bits per heavy atom. The molecule has 0 atom stereocenters. The Bertz CT molecular complexity index is 2620. The molecule has 0 aliphatic carbocycles. The summed E-state index contributed by atoms with van der Waals surface area (Å²) in [6.07, 6.45) is 3.83. The molecule has 0 radical (unpaired) electrons. The van der Waals surface area contributed by atoms with E-state index in [1.165, 1.54) is 32.3 Å². The molecule has 0 fully saturated rings. The summed E-state index contributed by atoms with van der Waals surface area (Å²) in [6.45, 7) is 0. The van der Waals surface area contributed by atoms with Crippen LogP contribution in [-0.4, -0.2) is 9.97 Å². The highest BCUT2D eigenvalue weighted by molar-refractivity contribution is 6.30. The molecule has 2 aromatic heterocycles. The predicted molar refractivity (Wildman–Crippen MR) is 210 cm³/mol. The summed E-state index contributed by atoms with van der Waals surface area (Å²) in [5.41, 5.74) is 4.30. The Balaban J connectivity index is 1.29.